The van der Waals surface area contributed by atoms with Crippen LogP contribution in [0, 0.1) is 5.41 Å². The van der Waals surface area contributed by atoms with Crippen LogP contribution in [-0.2, 0) is 4.74 Å². The molecule has 4 heteroatoms. The molecule has 0 aliphatic carbocycles. The Morgan fingerprint density at radius 2 is 1.94 bits per heavy atom. The number of carbonyl (C=O) groups excluding carboxylic acids is 1. The molecule has 0 radical (unpaired) electrons. The largest absolute Gasteiger partial charge is 0.490 e. The summed E-state index contributed by atoms with van der Waals surface area (Å²) in [7, 11) is 1.63. The van der Waals surface area contributed by atoms with Crippen LogP contribution in [0.2, 0.25) is 0 Å². The van der Waals surface area contributed by atoms with E-state index < -0.39 is 0 Å². The molecule has 1 aromatic rings. The summed E-state index contributed by atoms with van der Waals surface area (Å²) < 4.78 is 11.2. The lowest BCUT2D eigenvalue weighted by Crippen LogP contribution is -2.20. The lowest BCUT2D eigenvalue weighted by Gasteiger charge is -2.17. The van der Waals surface area contributed by atoms with Gasteiger partial charge in [0.25, 0.3) is 0 Å². The monoisotopic (exact) mass is 314 g/mol. The Labute approximate surface area is 117 Å². The lowest BCUT2D eigenvalue weighted by atomic mass is 9.86. The molecule has 0 spiro atoms. The molecule has 0 atom stereocenters. The van der Waals surface area contributed by atoms with Gasteiger partial charge in [0.05, 0.1) is 11.1 Å². The third kappa shape index (κ3) is 4.10. The Bertz CT molecular complexity index is 422. The standard InChI is InChI=1S/C14H19BrO3/c1-14(2,3)13(16)10-5-6-12(11(15)9-10)18-8-7-17-4/h5-6,9H,7-8H2,1-4H3. The topological polar surface area (TPSA) is 35.5 Å². The van der Waals surface area contributed by atoms with Crippen molar-refractivity contribution in [2.45, 2.75) is 20.8 Å². The van der Waals surface area contributed by atoms with Crippen molar-refractivity contribution in [2.24, 2.45) is 5.41 Å². The van der Waals surface area contributed by atoms with E-state index >= 15 is 0 Å². The van der Waals surface area contributed by atoms with Crippen LogP contribution in [0.4, 0.5) is 0 Å². The van der Waals surface area contributed by atoms with Crippen molar-refractivity contribution in [3.63, 3.8) is 0 Å². The predicted molar refractivity (Wildman–Crippen MR) is 75.3 cm³/mol. The normalized spacial score (nSPS) is 11.4. The molecule has 0 fully saturated rings. The molecule has 0 N–H and O–H groups in total. The van der Waals surface area contributed by atoms with Gasteiger partial charge in [0, 0.05) is 18.1 Å². The zero-order chi connectivity index (χ0) is 13.8. The minimum absolute atomic E-state index is 0.117. The number of hydrogen-bond acceptors (Lipinski definition) is 3. The number of hydrogen-bond donors (Lipinski definition) is 0. The third-order valence-electron chi connectivity index (χ3n) is 2.42. The summed E-state index contributed by atoms with van der Waals surface area (Å²) in [6.45, 7) is 6.75. The quantitative estimate of drug-likeness (QED) is 0.614. The van der Waals surface area contributed by atoms with Gasteiger partial charge in [0.15, 0.2) is 5.78 Å². The highest BCUT2D eigenvalue weighted by Crippen LogP contribution is 2.29. The van der Waals surface area contributed by atoms with Crippen LogP contribution in [0.3, 0.4) is 0 Å². The number of methoxy groups -OCH3 is 1. The van der Waals surface area contributed by atoms with Gasteiger partial charge < -0.3 is 9.47 Å². The summed E-state index contributed by atoms with van der Waals surface area (Å²) in [6.07, 6.45) is 0. The second-order valence-electron chi connectivity index (χ2n) is 5.07. The number of halogens is 1. The molecule has 0 aliphatic heterocycles. The maximum absolute atomic E-state index is 12.1. The summed E-state index contributed by atoms with van der Waals surface area (Å²) in [5.41, 5.74) is 0.311. The summed E-state index contributed by atoms with van der Waals surface area (Å²) in [4.78, 5) is 12.1. The van der Waals surface area contributed by atoms with Gasteiger partial charge in [-0.15, -0.1) is 0 Å². The van der Waals surface area contributed by atoms with Gasteiger partial charge in [0.2, 0.25) is 0 Å². The van der Waals surface area contributed by atoms with Crippen LogP contribution >= 0.6 is 15.9 Å². The van der Waals surface area contributed by atoms with Crippen molar-refractivity contribution in [1.29, 1.82) is 0 Å². The van der Waals surface area contributed by atoms with E-state index in [9.17, 15) is 4.79 Å². The number of Topliss-reactive ketones (excluding diaryl/α,β-unsaturated/α-hetero) is 1. The first-order valence-corrected chi connectivity index (χ1v) is 6.61. The van der Waals surface area contributed by atoms with E-state index in [1.807, 2.05) is 20.8 Å². The zero-order valence-electron chi connectivity index (χ0n) is 11.2. The van der Waals surface area contributed by atoms with E-state index in [1.165, 1.54) is 0 Å². The first-order valence-electron chi connectivity index (χ1n) is 5.82. The fourth-order valence-electron chi connectivity index (χ4n) is 1.43. The van der Waals surface area contributed by atoms with Gasteiger partial charge in [-0.05, 0) is 34.1 Å². The summed E-state index contributed by atoms with van der Waals surface area (Å²) in [6, 6.07) is 5.40. The molecule has 0 bridgehead atoms. The van der Waals surface area contributed by atoms with Crippen LogP contribution in [0.25, 0.3) is 0 Å². The van der Waals surface area contributed by atoms with Crippen LogP contribution < -0.4 is 4.74 Å². The van der Waals surface area contributed by atoms with Crippen molar-refractivity contribution < 1.29 is 14.3 Å². The highest BCUT2D eigenvalue weighted by Gasteiger charge is 2.23. The molecule has 0 heterocycles. The second kappa shape index (κ2) is 6.34. The smallest absolute Gasteiger partial charge is 0.168 e. The zero-order valence-corrected chi connectivity index (χ0v) is 12.8. The van der Waals surface area contributed by atoms with Gasteiger partial charge in [-0.25, -0.2) is 0 Å². The first kappa shape index (κ1) is 15.2. The predicted octanol–water partition coefficient (Wildman–Crippen LogP) is 3.70. The van der Waals surface area contributed by atoms with Crippen LogP contribution in [0.15, 0.2) is 22.7 Å². The van der Waals surface area contributed by atoms with Gasteiger partial charge in [-0.2, -0.15) is 0 Å². The average molecular weight is 315 g/mol. The Balaban J connectivity index is 2.82. The molecule has 0 saturated heterocycles. The van der Waals surface area contributed by atoms with E-state index in [-0.39, 0.29) is 11.2 Å². The molecule has 0 aromatic heterocycles. The molecule has 0 saturated carbocycles. The minimum atomic E-state index is -0.377. The van der Waals surface area contributed by atoms with E-state index in [0.29, 0.717) is 18.8 Å². The molecule has 3 nitrogen and oxygen atoms in total. The van der Waals surface area contributed by atoms with Gasteiger partial charge in [0.1, 0.15) is 12.4 Å². The van der Waals surface area contributed by atoms with Crippen molar-refractivity contribution in [3.8, 4) is 5.75 Å². The fraction of sp³-hybridized carbons (Fsp3) is 0.500. The summed E-state index contributed by atoms with van der Waals surface area (Å²) >= 11 is 3.42. The molecule has 100 valence electrons. The van der Waals surface area contributed by atoms with Gasteiger partial charge in [-0.1, -0.05) is 20.8 Å². The Hall–Kier alpha value is -0.870. The Kier molecular flexibility index (Phi) is 5.35. The van der Waals surface area contributed by atoms with E-state index in [4.69, 9.17) is 9.47 Å². The van der Waals surface area contributed by atoms with Crippen molar-refractivity contribution in [2.75, 3.05) is 20.3 Å². The molecule has 0 aliphatic rings. The highest BCUT2D eigenvalue weighted by atomic mass is 79.9. The molecule has 0 amide bonds. The molecule has 1 rings (SSSR count). The number of carbonyl (C=O) groups is 1. The molecule has 18 heavy (non-hydrogen) atoms. The SMILES string of the molecule is COCCOc1ccc(C(=O)C(C)(C)C)cc1Br. The average Bonchev–Trinajstić information content (AvgIpc) is 2.29. The van der Waals surface area contributed by atoms with E-state index in [1.54, 1.807) is 25.3 Å². The minimum Gasteiger partial charge on any atom is -0.490 e. The third-order valence-corrected chi connectivity index (χ3v) is 3.04. The van der Waals surface area contributed by atoms with E-state index in [0.717, 1.165) is 10.2 Å². The number of rotatable bonds is 5. The molecule has 1 aromatic carbocycles. The Morgan fingerprint density at radius 1 is 1.28 bits per heavy atom. The van der Waals surface area contributed by atoms with Gasteiger partial charge in [-0.3, -0.25) is 4.79 Å². The Morgan fingerprint density at radius 3 is 2.44 bits per heavy atom. The van der Waals surface area contributed by atoms with E-state index in [2.05, 4.69) is 15.9 Å². The first-order chi connectivity index (χ1) is 8.36. The van der Waals surface area contributed by atoms with Crippen LogP contribution in [-0.4, -0.2) is 26.1 Å². The van der Waals surface area contributed by atoms with Crippen molar-refractivity contribution in [1.82, 2.24) is 0 Å². The maximum Gasteiger partial charge on any atom is 0.168 e. The number of benzene rings is 1. The lowest BCUT2D eigenvalue weighted by molar-refractivity contribution is 0.0858. The van der Waals surface area contributed by atoms with Gasteiger partial charge >= 0.3 is 0 Å². The second-order valence-corrected chi connectivity index (χ2v) is 5.92. The van der Waals surface area contributed by atoms with Crippen LogP contribution in [0.1, 0.15) is 31.1 Å². The van der Waals surface area contributed by atoms with Crippen LogP contribution in [0.5, 0.6) is 5.75 Å². The molecule has 0 unspecified atom stereocenters. The molecular weight excluding hydrogens is 296 g/mol. The summed E-state index contributed by atoms with van der Waals surface area (Å²) in [5, 5.41) is 0. The molecular formula is C14H19BrO3. The fourth-order valence-corrected chi connectivity index (χ4v) is 1.92. The number of ether oxygens (including phenoxy) is 2. The highest BCUT2D eigenvalue weighted by molar-refractivity contribution is 9.10. The van der Waals surface area contributed by atoms with Crippen molar-refractivity contribution in [3.05, 3.63) is 28.2 Å². The maximum atomic E-state index is 12.1. The summed E-state index contributed by atoms with van der Waals surface area (Å²) in [5.74, 6) is 0.837. The van der Waals surface area contributed by atoms with Crippen molar-refractivity contribution >= 4 is 21.7 Å². The number of ketones is 1.